The Balaban J connectivity index is 2.30. The monoisotopic (exact) mass is 293 g/mol. The van der Waals surface area contributed by atoms with Gasteiger partial charge in [0.25, 0.3) is 11.4 Å². The molecule has 2 aromatic rings. The molecule has 0 radical (unpaired) electrons. The molecule has 2 rings (SSSR count). The average Bonchev–Trinajstić information content (AvgIpc) is 2.41. The third-order valence-corrected chi connectivity index (χ3v) is 2.75. The first kappa shape index (κ1) is 13.8. The summed E-state index contributed by atoms with van der Waals surface area (Å²) in [5, 5.41) is 24.5. The molecule has 0 aliphatic rings. The van der Waals surface area contributed by atoms with Gasteiger partial charge in [-0.1, -0.05) is 11.6 Å². The van der Waals surface area contributed by atoms with Crippen molar-refractivity contribution in [2.24, 2.45) is 0 Å². The molecule has 0 saturated carbocycles. The highest BCUT2D eigenvalue weighted by Gasteiger charge is 2.14. The zero-order valence-corrected chi connectivity index (χ0v) is 10.7. The fourth-order valence-corrected chi connectivity index (χ4v) is 1.75. The van der Waals surface area contributed by atoms with Crippen LogP contribution in [0.3, 0.4) is 0 Å². The third kappa shape index (κ3) is 3.01. The molecule has 7 nitrogen and oxygen atoms in total. The predicted molar refractivity (Wildman–Crippen MR) is 74.5 cm³/mol. The zero-order valence-electron chi connectivity index (χ0n) is 9.95. The van der Waals surface area contributed by atoms with Gasteiger partial charge in [0, 0.05) is 28.9 Å². The lowest BCUT2D eigenvalue weighted by molar-refractivity contribution is -0.384. The van der Waals surface area contributed by atoms with E-state index in [0.717, 1.165) is 0 Å². The van der Waals surface area contributed by atoms with Gasteiger partial charge in [0.2, 0.25) is 0 Å². The second-order valence-corrected chi connectivity index (χ2v) is 4.28. The highest BCUT2D eigenvalue weighted by molar-refractivity contribution is 6.30. The first-order valence-electron chi connectivity index (χ1n) is 5.43. The zero-order chi connectivity index (χ0) is 14.7. The number of benzene rings is 2. The van der Waals surface area contributed by atoms with Crippen molar-refractivity contribution in [3.8, 4) is 0 Å². The van der Waals surface area contributed by atoms with Crippen LogP contribution in [0.15, 0.2) is 42.5 Å². The number of hydrogen-bond acceptors (Lipinski definition) is 5. The lowest BCUT2D eigenvalue weighted by Gasteiger charge is -2.07. The molecule has 0 atom stereocenters. The normalized spacial score (nSPS) is 10.1. The van der Waals surface area contributed by atoms with E-state index in [1.807, 2.05) is 0 Å². The molecule has 0 bridgehead atoms. The summed E-state index contributed by atoms with van der Waals surface area (Å²) in [4.78, 5) is 20.4. The van der Waals surface area contributed by atoms with Gasteiger partial charge in [-0.3, -0.25) is 20.2 Å². The maximum absolute atomic E-state index is 10.9. The van der Waals surface area contributed by atoms with Gasteiger partial charge in [0.1, 0.15) is 5.69 Å². The van der Waals surface area contributed by atoms with Crippen molar-refractivity contribution >= 4 is 34.4 Å². The van der Waals surface area contributed by atoms with Crippen molar-refractivity contribution in [2.75, 3.05) is 5.32 Å². The second kappa shape index (κ2) is 5.54. The number of nitrogens with zero attached hydrogens (tertiary/aromatic N) is 2. The average molecular weight is 294 g/mol. The highest BCUT2D eigenvalue weighted by atomic mass is 35.5. The van der Waals surface area contributed by atoms with Crippen LogP contribution in [0.1, 0.15) is 0 Å². The number of rotatable bonds is 4. The molecule has 1 N–H and O–H groups in total. The summed E-state index contributed by atoms with van der Waals surface area (Å²) in [6.07, 6.45) is 0. The van der Waals surface area contributed by atoms with E-state index < -0.39 is 9.85 Å². The molecule has 102 valence electrons. The Kier molecular flexibility index (Phi) is 3.81. The Morgan fingerprint density at radius 3 is 2.15 bits per heavy atom. The van der Waals surface area contributed by atoms with E-state index in [2.05, 4.69) is 5.32 Å². The van der Waals surface area contributed by atoms with Crippen LogP contribution in [0, 0.1) is 20.2 Å². The largest absolute Gasteiger partial charge is 0.350 e. The summed E-state index contributed by atoms with van der Waals surface area (Å²) < 4.78 is 0. The van der Waals surface area contributed by atoms with Crippen LogP contribution in [0.2, 0.25) is 5.02 Å². The number of nitrogens with one attached hydrogen (secondary N) is 1. The van der Waals surface area contributed by atoms with Crippen LogP contribution < -0.4 is 5.32 Å². The van der Waals surface area contributed by atoms with E-state index in [4.69, 9.17) is 11.6 Å². The SMILES string of the molecule is O=[N+]([O-])c1ccc(Nc2ccc(Cl)cc2[N+](=O)[O-])cc1. The summed E-state index contributed by atoms with van der Waals surface area (Å²) in [6, 6.07) is 9.78. The smallest absolute Gasteiger partial charge is 0.294 e. The molecule has 0 saturated heterocycles. The molecule has 2 aromatic carbocycles. The minimum absolute atomic E-state index is 0.0545. The molecule has 0 unspecified atom stereocenters. The van der Waals surface area contributed by atoms with Gasteiger partial charge < -0.3 is 5.32 Å². The summed E-state index contributed by atoms with van der Waals surface area (Å²) in [7, 11) is 0. The quantitative estimate of drug-likeness (QED) is 0.681. The van der Waals surface area contributed by atoms with Gasteiger partial charge in [-0.25, -0.2) is 0 Å². The van der Waals surface area contributed by atoms with Crippen molar-refractivity contribution in [1.82, 2.24) is 0 Å². The molecule has 0 spiro atoms. The van der Waals surface area contributed by atoms with E-state index in [-0.39, 0.29) is 22.1 Å². The van der Waals surface area contributed by atoms with E-state index >= 15 is 0 Å². The van der Waals surface area contributed by atoms with E-state index in [1.165, 1.54) is 42.5 Å². The number of nitro groups is 2. The Labute approximate surface area is 118 Å². The number of non-ortho nitro benzene ring substituents is 1. The third-order valence-electron chi connectivity index (χ3n) is 2.51. The number of nitro benzene ring substituents is 2. The molecular formula is C12H8ClN3O4. The topological polar surface area (TPSA) is 98.3 Å². The fourth-order valence-electron chi connectivity index (χ4n) is 1.58. The van der Waals surface area contributed by atoms with Crippen molar-refractivity contribution in [1.29, 1.82) is 0 Å². The molecular weight excluding hydrogens is 286 g/mol. The summed E-state index contributed by atoms with van der Waals surface area (Å²) in [6.45, 7) is 0. The first-order chi connectivity index (χ1) is 9.47. The van der Waals surface area contributed by atoms with E-state index in [1.54, 1.807) is 0 Å². The molecule has 8 heteroatoms. The maximum atomic E-state index is 10.9. The van der Waals surface area contributed by atoms with Crippen LogP contribution in [0.4, 0.5) is 22.7 Å². The predicted octanol–water partition coefficient (Wildman–Crippen LogP) is 3.90. The van der Waals surface area contributed by atoms with Crippen molar-refractivity contribution in [3.63, 3.8) is 0 Å². The maximum Gasteiger partial charge on any atom is 0.294 e. The van der Waals surface area contributed by atoms with Gasteiger partial charge in [-0.05, 0) is 24.3 Å². The Morgan fingerprint density at radius 2 is 1.60 bits per heavy atom. The molecule has 0 aliphatic heterocycles. The summed E-state index contributed by atoms with van der Waals surface area (Å²) in [5.41, 5.74) is 0.534. The molecule has 0 heterocycles. The standard InChI is InChI=1S/C12H8ClN3O4/c13-8-1-6-11(12(7-8)16(19)20)14-9-2-4-10(5-3-9)15(17)18/h1-7,14H. The van der Waals surface area contributed by atoms with E-state index in [9.17, 15) is 20.2 Å². The van der Waals surface area contributed by atoms with Gasteiger partial charge in [-0.15, -0.1) is 0 Å². The minimum atomic E-state index is -0.556. The van der Waals surface area contributed by atoms with Gasteiger partial charge in [0.15, 0.2) is 0 Å². The van der Waals surface area contributed by atoms with Crippen LogP contribution in [0.25, 0.3) is 0 Å². The Bertz CT molecular complexity index is 673. The van der Waals surface area contributed by atoms with Crippen LogP contribution >= 0.6 is 11.6 Å². The summed E-state index contributed by atoms with van der Waals surface area (Å²) in [5.74, 6) is 0. The van der Waals surface area contributed by atoms with Gasteiger partial charge in [-0.2, -0.15) is 0 Å². The molecule has 20 heavy (non-hydrogen) atoms. The van der Waals surface area contributed by atoms with Crippen molar-refractivity contribution < 1.29 is 9.85 Å². The van der Waals surface area contributed by atoms with Crippen molar-refractivity contribution in [3.05, 3.63) is 67.7 Å². The molecule has 0 aromatic heterocycles. The lowest BCUT2D eigenvalue weighted by Crippen LogP contribution is -1.97. The van der Waals surface area contributed by atoms with Gasteiger partial charge in [0.05, 0.1) is 9.85 Å². The van der Waals surface area contributed by atoms with Crippen LogP contribution in [0.5, 0.6) is 0 Å². The highest BCUT2D eigenvalue weighted by Crippen LogP contribution is 2.30. The summed E-state index contributed by atoms with van der Waals surface area (Å²) >= 11 is 5.71. The fraction of sp³-hybridized carbons (Fsp3) is 0. The Morgan fingerprint density at radius 1 is 0.950 bits per heavy atom. The number of anilines is 2. The van der Waals surface area contributed by atoms with Crippen molar-refractivity contribution in [2.45, 2.75) is 0 Å². The first-order valence-corrected chi connectivity index (χ1v) is 5.80. The molecule has 0 aliphatic carbocycles. The van der Waals surface area contributed by atoms with Gasteiger partial charge >= 0.3 is 0 Å². The van der Waals surface area contributed by atoms with E-state index in [0.29, 0.717) is 5.69 Å². The second-order valence-electron chi connectivity index (χ2n) is 3.85. The Hall–Kier alpha value is -2.67. The molecule has 0 fully saturated rings. The minimum Gasteiger partial charge on any atom is -0.350 e. The lowest BCUT2D eigenvalue weighted by atomic mass is 10.2. The molecule has 0 amide bonds. The van der Waals surface area contributed by atoms with Crippen LogP contribution in [-0.4, -0.2) is 9.85 Å². The van der Waals surface area contributed by atoms with Crippen LogP contribution in [-0.2, 0) is 0 Å². The number of halogens is 1. The number of hydrogen-bond donors (Lipinski definition) is 1.